The quantitative estimate of drug-likeness (QED) is 0.215. The number of aromatic nitrogens is 2. The van der Waals surface area contributed by atoms with Crippen LogP contribution in [0.1, 0.15) is 70.3 Å². The van der Waals surface area contributed by atoms with Crippen molar-refractivity contribution in [1.82, 2.24) is 9.97 Å². The summed E-state index contributed by atoms with van der Waals surface area (Å²) in [5.41, 5.74) is 6.57. The highest BCUT2D eigenvalue weighted by atomic mass is 14.7. The van der Waals surface area contributed by atoms with E-state index in [2.05, 4.69) is 71.5 Å². The largest absolute Gasteiger partial charge is 0.354 e. The van der Waals surface area contributed by atoms with Gasteiger partial charge in [-0.15, -0.1) is 0 Å². The molecule has 0 saturated carbocycles. The van der Waals surface area contributed by atoms with Crippen LogP contribution in [0.5, 0.6) is 0 Å². The van der Waals surface area contributed by atoms with Crippen LogP contribution in [0.15, 0.2) is 54.6 Å². The summed E-state index contributed by atoms with van der Waals surface area (Å²) in [6.07, 6.45) is 13.5. The first-order valence-corrected chi connectivity index (χ1v) is 12.3. The second-order valence-electron chi connectivity index (χ2n) is 9.12. The average molecular weight is 411 g/mol. The topological polar surface area (TPSA) is 31.6 Å². The van der Waals surface area contributed by atoms with E-state index in [1.165, 1.54) is 107 Å². The van der Waals surface area contributed by atoms with Gasteiger partial charge < -0.3 is 9.97 Å². The second-order valence-corrected chi connectivity index (χ2v) is 9.12. The van der Waals surface area contributed by atoms with E-state index in [4.69, 9.17) is 0 Å². The summed E-state index contributed by atoms with van der Waals surface area (Å²) >= 11 is 0. The van der Waals surface area contributed by atoms with Gasteiger partial charge in [0.1, 0.15) is 0 Å². The molecule has 31 heavy (non-hydrogen) atoms. The molecule has 0 unspecified atom stereocenters. The molecule has 0 fully saturated rings. The number of H-pyrrole nitrogens is 2. The van der Waals surface area contributed by atoms with Crippen LogP contribution >= 0.6 is 0 Å². The Morgan fingerprint density at radius 2 is 1.19 bits per heavy atom. The van der Waals surface area contributed by atoms with Crippen LogP contribution in [0.3, 0.4) is 0 Å². The lowest BCUT2D eigenvalue weighted by atomic mass is 9.97. The molecular formula is C29H34N2. The zero-order chi connectivity index (χ0) is 21.0. The van der Waals surface area contributed by atoms with Crippen LogP contribution in [0, 0.1) is 0 Å². The number of fused-ring (bicyclic) bond motifs is 6. The summed E-state index contributed by atoms with van der Waals surface area (Å²) in [7, 11) is 0. The van der Waals surface area contributed by atoms with Crippen molar-refractivity contribution < 1.29 is 0 Å². The van der Waals surface area contributed by atoms with Crippen LogP contribution in [0.25, 0.3) is 43.6 Å². The van der Waals surface area contributed by atoms with Gasteiger partial charge in [0.15, 0.2) is 0 Å². The normalized spacial score (nSPS) is 12.0. The van der Waals surface area contributed by atoms with Gasteiger partial charge in [0.25, 0.3) is 0 Å². The van der Waals surface area contributed by atoms with Crippen LogP contribution in [-0.2, 0) is 6.42 Å². The van der Waals surface area contributed by atoms with Crippen molar-refractivity contribution in [3.05, 3.63) is 60.2 Å². The van der Waals surface area contributed by atoms with Crippen LogP contribution in [0.4, 0.5) is 0 Å². The number of nitrogens with one attached hydrogen (secondary N) is 2. The summed E-state index contributed by atoms with van der Waals surface area (Å²) in [6.45, 7) is 2.29. The van der Waals surface area contributed by atoms with Crippen molar-refractivity contribution in [3.63, 3.8) is 0 Å². The zero-order valence-electron chi connectivity index (χ0n) is 18.8. The molecule has 0 aliphatic heterocycles. The summed E-state index contributed by atoms with van der Waals surface area (Å²) < 4.78 is 0. The number of aryl methyl sites for hydroxylation is 1. The fourth-order valence-corrected chi connectivity index (χ4v) is 5.28. The first kappa shape index (κ1) is 20.2. The fourth-order valence-electron chi connectivity index (χ4n) is 5.28. The molecule has 0 bridgehead atoms. The van der Waals surface area contributed by atoms with Crippen LogP contribution in [0.2, 0.25) is 0 Å². The van der Waals surface area contributed by atoms with E-state index in [0.717, 1.165) is 6.42 Å². The van der Waals surface area contributed by atoms with Crippen LogP contribution < -0.4 is 0 Å². The van der Waals surface area contributed by atoms with E-state index >= 15 is 0 Å². The van der Waals surface area contributed by atoms with Crippen molar-refractivity contribution in [2.45, 2.75) is 71.1 Å². The molecule has 2 aromatic heterocycles. The fraction of sp³-hybridized carbons (Fsp3) is 0.379. The molecule has 5 rings (SSSR count). The first-order chi connectivity index (χ1) is 15.4. The minimum Gasteiger partial charge on any atom is -0.354 e. The molecule has 2 heteroatoms. The summed E-state index contributed by atoms with van der Waals surface area (Å²) in [5, 5.41) is 5.44. The lowest BCUT2D eigenvalue weighted by Gasteiger charge is -2.08. The van der Waals surface area contributed by atoms with Gasteiger partial charge >= 0.3 is 0 Å². The molecule has 0 radical (unpaired) electrons. The van der Waals surface area contributed by atoms with Crippen molar-refractivity contribution in [2.24, 2.45) is 0 Å². The van der Waals surface area contributed by atoms with E-state index in [-0.39, 0.29) is 0 Å². The smallest absolute Gasteiger partial charge is 0.0505 e. The molecule has 0 aliphatic carbocycles. The molecule has 2 heterocycles. The van der Waals surface area contributed by atoms with Crippen LogP contribution in [-0.4, -0.2) is 9.97 Å². The molecule has 0 atom stereocenters. The van der Waals surface area contributed by atoms with Crippen molar-refractivity contribution in [3.8, 4) is 0 Å². The van der Waals surface area contributed by atoms with Gasteiger partial charge in [0, 0.05) is 38.1 Å². The summed E-state index contributed by atoms with van der Waals surface area (Å²) in [6, 6.07) is 19.8. The second kappa shape index (κ2) is 9.18. The summed E-state index contributed by atoms with van der Waals surface area (Å²) in [4.78, 5) is 7.45. The molecule has 2 N–H and O–H groups in total. The number of unbranched alkanes of at least 4 members (excludes halogenated alkanes) is 8. The minimum atomic E-state index is 1.14. The molecule has 0 amide bonds. The van der Waals surface area contributed by atoms with Gasteiger partial charge in [-0.05, 0) is 36.6 Å². The number of hydrogen-bond donors (Lipinski definition) is 2. The number of benzene rings is 3. The van der Waals surface area contributed by atoms with E-state index in [0.29, 0.717) is 0 Å². The third kappa shape index (κ3) is 3.96. The lowest BCUT2D eigenvalue weighted by Crippen LogP contribution is -1.91. The van der Waals surface area contributed by atoms with E-state index in [1.54, 1.807) is 0 Å². The maximum atomic E-state index is 3.76. The molecule has 160 valence electrons. The average Bonchev–Trinajstić information content (AvgIpc) is 3.35. The zero-order valence-corrected chi connectivity index (χ0v) is 18.8. The Balaban J connectivity index is 1.43. The highest BCUT2D eigenvalue weighted by molar-refractivity contribution is 6.19. The number of hydrogen-bond acceptors (Lipinski definition) is 0. The summed E-state index contributed by atoms with van der Waals surface area (Å²) in [5.74, 6) is 0. The maximum absolute atomic E-state index is 3.76. The lowest BCUT2D eigenvalue weighted by molar-refractivity contribution is 0.565. The van der Waals surface area contributed by atoms with Crippen molar-refractivity contribution >= 4 is 43.6 Å². The van der Waals surface area contributed by atoms with Crippen molar-refractivity contribution in [2.75, 3.05) is 0 Å². The minimum absolute atomic E-state index is 1.14. The predicted molar refractivity (Wildman–Crippen MR) is 136 cm³/mol. The molecule has 0 saturated heterocycles. The Bertz CT molecular complexity index is 1300. The molecule has 0 spiro atoms. The number of rotatable bonds is 10. The van der Waals surface area contributed by atoms with Gasteiger partial charge in [-0.2, -0.15) is 0 Å². The van der Waals surface area contributed by atoms with E-state index in [9.17, 15) is 0 Å². The van der Waals surface area contributed by atoms with Gasteiger partial charge in [-0.3, -0.25) is 0 Å². The van der Waals surface area contributed by atoms with Gasteiger partial charge in [-0.25, -0.2) is 0 Å². The highest BCUT2D eigenvalue weighted by Gasteiger charge is 2.16. The Hall–Kier alpha value is -2.74. The highest BCUT2D eigenvalue weighted by Crippen LogP contribution is 2.37. The maximum Gasteiger partial charge on any atom is 0.0505 e. The number of aromatic amines is 2. The molecular weight excluding hydrogens is 376 g/mol. The Morgan fingerprint density at radius 1 is 0.581 bits per heavy atom. The Labute approximate surface area is 185 Å². The third-order valence-electron chi connectivity index (χ3n) is 6.90. The number of para-hydroxylation sites is 2. The SMILES string of the molecule is CCCCCCCCCCCc1c2[nH]c3ccccc3c2cc2[nH]c3ccccc3c12. The van der Waals surface area contributed by atoms with Gasteiger partial charge in [0.05, 0.1) is 5.52 Å². The standard InChI is InChI=1S/C29H34N2/c1-2-3-4-5-6-7-8-9-10-17-23-28-22-16-12-14-19-26(22)30-27(28)20-24-21-15-11-13-18-25(21)31-29(23)24/h11-16,18-20,30-31H,2-10,17H2,1H3. The third-order valence-corrected chi connectivity index (χ3v) is 6.90. The van der Waals surface area contributed by atoms with Gasteiger partial charge in [-0.1, -0.05) is 94.7 Å². The first-order valence-electron chi connectivity index (χ1n) is 12.3. The Kier molecular flexibility index (Phi) is 5.97. The van der Waals surface area contributed by atoms with E-state index < -0.39 is 0 Å². The molecule has 3 aromatic carbocycles. The van der Waals surface area contributed by atoms with Crippen molar-refractivity contribution in [1.29, 1.82) is 0 Å². The molecule has 5 aromatic rings. The Morgan fingerprint density at radius 3 is 1.94 bits per heavy atom. The van der Waals surface area contributed by atoms with E-state index in [1.807, 2.05) is 0 Å². The molecule has 2 nitrogen and oxygen atoms in total. The monoisotopic (exact) mass is 410 g/mol. The van der Waals surface area contributed by atoms with Gasteiger partial charge in [0.2, 0.25) is 0 Å². The molecule has 0 aliphatic rings. The predicted octanol–water partition coefficient (Wildman–Crippen LogP) is 9.03.